The Labute approximate surface area is 171 Å². The van der Waals surface area contributed by atoms with Crippen LogP contribution in [0.2, 0.25) is 0 Å². The number of ether oxygens (including phenoxy) is 1. The van der Waals surface area contributed by atoms with E-state index >= 15 is 0 Å². The van der Waals surface area contributed by atoms with Crippen molar-refractivity contribution in [2.75, 3.05) is 19.4 Å². The molecule has 1 atom stereocenters. The van der Waals surface area contributed by atoms with Crippen LogP contribution in [-0.4, -0.2) is 40.4 Å². The van der Waals surface area contributed by atoms with Crippen LogP contribution in [0.25, 0.3) is 11.5 Å². The van der Waals surface area contributed by atoms with Gasteiger partial charge in [0.25, 0.3) is 5.22 Å². The number of nitrogens with zero attached hydrogens (tertiary/aromatic N) is 3. The highest BCUT2D eigenvalue weighted by atomic mass is 32.2. The molecular formula is C20H21N3O3S2. The van der Waals surface area contributed by atoms with Crippen molar-refractivity contribution in [1.29, 1.82) is 0 Å². The molecule has 0 radical (unpaired) electrons. The molecule has 0 bridgehead atoms. The fraction of sp³-hybridized carbons (Fsp3) is 0.350. The number of aromatic nitrogens is 2. The normalized spacial score (nSPS) is 16.1. The average molecular weight is 416 g/mol. The zero-order valence-corrected chi connectivity index (χ0v) is 17.4. The molecule has 3 heterocycles. The van der Waals surface area contributed by atoms with Crippen LogP contribution in [0.5, 0.6) is 5.75 Å². The Morgan fingerprint density at radius 3 is 2.89 bits per heavy atom. The Morgan fingerprint density at radius 2 is 2.14 bits per heavy atom. The number of hydrogen-bond donors (Lipinski definition) is 0. The molecule has 1 unspecified atom stereocenters. The third-order valence-corrected chi connectivity index (χ3v) is 6.66. The van der Waals surface area contributed by atoms with Crippen LogP contribution in [0.1, 0.15) is 29.8 Å². The molecule has 2 aromatic heterocycles. The first-order valence-electron chi connectivity index (χ1n) is 9.16. The molecule has 6 nitrogen and oxygen atoms in total. The summed E-state index contributed by atoms with van der Waals surface area (Å²) in [5.41, 5.74) is 2.12. The smallest absolute Gasteiger partial charge is 0.277 e. The van der Waals surface area contributed by atoms with Gasteiger partial charge >= 0.3 is 0 Å². The molecule has 0 fully saturated rings. The Balaban J connectivity index is 1.39. The molecule has 1 aliphatic heterocycles. The molecule has 146 valence electrons. The minimum absolute atomic E-state index is 0.109. The van der Waals surface area contributed by atoms with E-state index in [0.29, 0.717) is 16.9 Å². The number of fused-ring (bicyclic) bond motifs is 1. The van der Waals surface area contributed by atoms with Gasteiger partial charge in [-0.1, -0.05) is 18.7 Å². The Bertz CT molecular complexity index is 952. The largest absolute Gasteiger partial charge is 0.497 e. The number of thiophene rings is 1. The van der Waals surface area contributed by atoms with E-state index in [4.69, 9.17) is 9.15 Å². The highest BCUT2D eigenvalue weighted by Gasteiger charge is 2.30. The van der Waals surface area contributed by atoms with Gasteiger partial charge in [0.05, 0.1) is 18.9 Å². The molecule has 0 saturated carbocycles. The van der Waals surface area contributed by atoms with Gasteiger partial charge in [0.1, 0.15) is 5.75 Å². The Hall–Kier alpha value is -2.32. The van der Waals surface area contributed by atoms with E-state index in [2.05, 4.69) is 28.6 Å². The minimum atomic E-state index is 0.109. The van der Waals surface area contributed by atoms with Crippen molar-refractivity contribution in [2.24, 2.45) is 0 Å². The predicted octanol–water partition coefficient (Wildman–Crippen LogP) is 4.43. The molecule has 0 spiro atoms. The average Bonchev–Trinajstić information content (AvgIpc) is 3.40. The van der Waals surface area contributed by atoms with Crippen LogP contribution in [0.3, 0.4) is 0 Å². The van der Waals surface area contributed by atoms with Crippen LogP contribution in [-0.2, 0) is 11.2 Å². The lowest BCUT2D eigenvalue weighted by molar-refractivity contribution is -0.131. The highest BCUT2D eigenvalue weighted by Crippen LogP contribution is 2.36. The van der Waals surface area contributed by atoms with Gasteiger partial charge in [0.15, 0.2) is 0 Å². The van der Waals surface area contributed by atoms with Crippen molar-refractivity contribution >= 4 is 29.0 Å². The van der Waals surface area contributed by atoms with Crippen LogP contribution in [0, 0.1) is 0 Å². The van der Waals surface area contributed by atoms with Crippen molar-refractivity contribution in [2.45, 2.75) is 31.0 Å². The van der Waals surface area contributed by atoms with Crippen LogP contribution in [0.15, 0.2) is 45.4 Å². The highest BCUT2D eigenvalue weighted by molar-refractivity contribution is 7.99. The molecule has 28 heavy (non-hydrogen) atoms. The lowest BCUT2D eigenvalue weighted by Gasteiger charge is -2.35. The molecule has 8 heteroatoms. The Kier molecular flexibility index (Phi) is 5.68. The third-order valence-electron chi connectivity index (χ3n) is 4.86. The molecule has 0 N–H and O–H groups in total. The molecule has 0 saturated heterocycles. The van der Waals surface area contributed by atoms with E-state index < -0.39 is 0 Å². The number of amides is 1. The zero-order valence-electron chi connectivity index (χ0n) is 15.8. The number of hydrogen-bond acceptors (Lipinski definition) is 7. The lowest BCUT2D eigenvalue weighted by Crippen LogP contribution is -2.40. The lowest BCUT2D eigenvalue weighted by atomic mass is 9.98. The van der Waals surface area contributed by atoms with E-state index in [1.54, 1.807) is 18.4 Å². The number of thioether (sulfide) groups is 1. The quantitative estimate of drug-likeness (QED) is 0.555. The van der Waals surface area contributed by atoms with Crippen LogP contribution < -0.4 is 4.74 Å². The second kappa shape index (κ2) is 8.36. The van der Waals surface area contributed by atoms with Crippen LogP contribution in [0.4, 0.5) is 0 Å². The van der Waals surface area contributed by atoms with Gasteiger partial charge in [0.2, 0.25) is 11.8 Å². The van der Waals surface area contributed by atoms with Crippen molar-refractivity contribution in [3.8, 4) is 17.2 Å². The summed E-state index contributed by atoms with van der Waals surface area (Å²) in [6.45, 7) is 2.90. The number of carbonyl (C=O) groups is 1. The summed E-state index contributed by atoms with van der Waals surface area (Å²) < 4.78 is 10.9. The molecule has 4 rings (SSSR count). The van der Waals surface area contributed by atoms with E-state index in [1.807, 2.05) is 29.2 Å². The van der Waals surface area contributed by atoms with Gasteiger partial charge < -0.3 is 14.1 Å². The number of methoxy groups -OCH3 is 1. The van der Waals surface area contributed by atoms with Crippen molar-refractivity contribution in [1.82, 2.24) is 15.1 Å². The predicted molar refractivity (Wildman–Crippen MR) is 110 cm³/mol. The van der Waals surface area contributed by atoms with Gasteiger partial charge in [-0.25, -0.2) is 0 Å². The minimum Gasteiger partial charge on any atom is -0.497 e. The zero-order chi connectivity index (χ0) is 19.5. The summed E-state index contributed by atoms with van der Waals surface area (Å²) in [7, 11) is 1.62. The fourth-order valence-corrected chi connectivity index (χ4v) is 5.04. The Morgan fingerprint density at radius 1 is 1.32 bits per heavy atom. The SMILES string of the molecule is CCC1c2ccsc2CCN1C(=O)CSc1nnc(-c2ccc(OC)cc2)o1. The van der Waals surface area contributed by atoms with Gasteiger partial charge in [0, 0.05) is 17.0 Å². The second-order valence-electron chi connectivity index (χ2n) is 6.45. The molecule has 3 aromatic rings. The summed E-state index contributed by atoms with van der Waals surface area (Å²) in [5.74, 6) is 1.60. The van der Waals surface area contributed by atoms with E-state index in [0.717, 1.165) is 30.7 Å². The summed E-state index contributed by atoms with van der Waals surface area (Å²) in [6, 6.07) is 9.74. The third kappa shape index (κ3) is 3.79. The van der Waals surface area contributed by atoms with Gasteiger partial charge in [-0.15, -0.1) is 21.5 Å². The molecular weight excluding hydrogens is 394 g/mol. The van der Waals surface area contributed by atoms with Crippen molar-refractivity contribution < 1.29 is 13.9 Å². The summed E-state index contributed by atoms with van der Waals surface area (Å²) in [4.78, 5) is 16.2. The monoisotopic (exact) mass is 415 g/mol. The molecule has 1 aliphatic rings. The standard InChI is InChI=1S/C20H21N3O3S2/c1-3-16-15-9-11-27-17(15)8-10-23(16)18(24)12-28-20-22-21-19(26-20)13-4-6-14(25-2)7-5-13/h4-7,9,11,16H,3,8,10,12H2,1-2H3. The van der Waals surface area contributed by atoms with Crippen LogP contribution >= 0.6 is 23.1 Å². The first-order valence-corrected chi connectivity index (χ1v) is 11.0. The molecule has 0 aliphatic carbocycles. The fourth-order valence-electron chi connectivity index (χ4n) is 3.46. The maximum atomic E-state index is 12.8. The van der Waals surface area contributed by atoms with Gasteiger partial charge in [-0.05, 0) is 54.1 Å². The van der Waals surface area contributed by atoms with E-state index in [-0.39, 0.29) is 11.9 Å². The van der Waals surface area contributed by atoms with E-state index in [1.165, 1.54) is 22.2 Å². The second-order valence-corrected chi connectivity index (χ2v) is 8.38. The topological polar surface area (TPSA) is 68.5 Å². The first-order chi connectivity index (χ1) is 13.7. The van der Waals surface area contributed by atoms with Crippen molar-refractivity contribution in [3.05, 3.63) is 46.2 Å². The summed E-state index contributed by atoms with van der Waals surface area (Å²) in [5, 5.41) is 10.7. The summed E-state index contributed by atoms with van der Waals surface area (Å²) in [6.07, 6.45) is 1.85. The maximum absolute atomic E-state index is 12.8. The van der Waals surface area contributed by atoms with E-state index in [9.17, 15) is 4.79 Å². The maximum Gasteiger partial charge on any atom is 0.277 e. The number of rotatable bonds is 6. The number of benzene rings is 1. The van der Waals surface area contributed by atoms with Crippen molar-refractivity contribution in [3.63, 3.8) is 0 Å². The number of carbonyl (C=O) groups excluding carboxylic acids is 1. The first kappa shape index (κ1) is 19.0. The molecule has 1 amide bonds. The van der Waals surface area contributed by atoms with Gasteiger partial charge in [-0.2, -0.15) is 0 Å². The molecule has 1 aromatic carbocycles. The van der Waals surface area contributed by atoms with Gasteiger partial charge in [-0.3, -0.25) is 4.79 Å². The summed E-state index contributed by atoms with van der Waals surface area (Å²) >= 11 is 3.07.